The minimum Gasteiger partial charge on any atom is -0.340 e. The summed E-state index contributed by atoms with van der Waals surface area (Å²) in [4.78, 5) is 20.8. The van der Waals surface area contributed by atoms with Crippen LogP contribution in [0.15, 0.2) is 60.1 Å². The molecule has 7 nitrogen and oxygen atoms in total. The van der Waals surface area contributed by atoms with E-state index in [4.69, 9.17) is 0 Å². The van der Waals surface area contributed by atoms with Crippen molar-refractivity contribution in [2.75, 3.05) is 10.6 Å². The second kappa shape index (κ2) is 9.32. The molecule has 2 N–H and O–H groups in total. The van der Waals surface area contributed by atoms with Crippen LogP contribution in [-0.2, 0) is 15.6 Å². The van der Waals surface area contributed by atoms with Gasteiger partial charge in [0.15, 0.2) is 15.6 Å². The first-order chi connectivity index (χ1) is 15.1. The number of aromatic nitrogens is 2. The molecule has 2 aromatic carbocycles. The molecule has 0 saturated heterocycles. The van der Waals surface area contributed by atoms with Crippen LogP contribution in [0, 0.1) is 13.8 Å². The van der Waals surface area contributed by atoms with Gasteiger partial charge in [0.1, 0.15) is 5.82 Å². The molecule has 0 atom stereocenters. The van der Waals surface area contributed by atoms with Gasteiger partial charge in [0.05, 0.1) is 5.75 Å². The Morgan fingerprint density at radius 1 is 1.00 bits per heavy atom. The van der Waals surface area contributed by atoms with Crippen molar-refractivity contribution >= 4 is 38.8 Å². The van der Waals surface area contributed by atoms with E-state index in [1.54, 1.807) is 36.5 Å². The summed E-state index contributed by atoms with van der Waals surface area (Å²) in [6.45, 7) is 10.4. The van der Waals surface area contributed by atoms with Crippen LogP contribution in [0.5, 0.6) is 0 Å². The third kappa shape index (κ3) is 5.39. The minimum atomic E-state index is -3.45. The molecule has 0 saturated carbocycles. The summed E-state index contributed by atoms with van der Waals surface area (Å²) >= 11 is 0. The molecule has 0 bridgehead atoms. The number of Topliss-reactive ketones (excluding diaryl/α,β-unsaturated/α-hetero) is 1. The number of para-hydroxylation sites is 1. The maximum Gasteiger partial charge on any atom is 0.229 e. The summed E-state index contributed by atoms with van der Waals surface area (Å²) in [5.74, 6) is 0.719. The molecule has 0 aliphatic heterocycles. The molecule has 1 heterocycles. The summed E-state index contributed by atoms with van der Waals surface area (Å²) in [5.41, 5.74) is 4.33. The van der Waals surface area contributed by atoms with Crippen molar-refractivity contribution in [1.82, 2.24) is 9.97 Å². The fraction of sp³-hybridized carbons (Fsp3) is 0.208. The molecule has 3 rings (SSSR count). The second-order valence-corrected chi connectivity index (χ2v) is 9.89. The minimum absolute atomic E-state index is 0.0263. The van der Waals surface area contributed by atoms with Gasteiger partial charge in [0, 0.05) is 33.6 Å². The molecule has 0 fully saturated rings. The van der Waals surface area contributed by atoms with Crippen molar-refractivity contribution in [1.29, 1.82) is 0 Å². The molecule has 0 aliphatic carbocycles. The van der Waals surface area contributed by atoms with Gasteiger partial charge in [0.2, 0.25) is 5.95 Å². The van der Waals surface area contributed by atoms with Crippen molar-refractivity contribution in [2.45, 2.75) is 33.4 Å². The number of benzene rings is 2. The van der Waals surface area contributed by atoms with E-state index in [1.165, 1.54) is 13.8 Å². The lowest BCUT2D eigenvalue weighted by molar-refractivity contribution is 0.101. The first-order valence-corrected chi connectivity index (χ1v) is 11.7. The maximum atomic E-state index is 12.3. The zero-order chi connectivity index (χ0) is 23.5. The normalized spacial score (nSPS) is 11.1. The van der Waals surface area contributed by atoms with E-state index in [1.807, 2.05) is 26.0 Å². The van der Waals surface area contributed by atoms with Gasteiger partial charge in [-0.1, -0.05) is 36.9 Å². The van der Waals surface area contributed by atoms with Gasteiger partial charge < -0.3 is 10.6 Å². The Labute approximate surface area is 188 Å². The van der Waals surface area contributed by atoms with Crippen molar-refractivity contribution < 1.29 is 13.2 Å². The highest BCUT2D eigenvalue weighted by Gasteiger charge is 2.16. The lowest BCUT2D eigenvalue weighted by Crippen LogP contribution is -2.08. The van der Waals surface area contributed by atoms with Gasteiger partial charge >= 0.3 is 0 Å². The molecule has 166 valence electrons. The Kier molecular flexibility index (Phi) is 6.74. The molecule has 0 radical (unpaired) electrons. The van der Waals surface area contributed by atoms with Gasteiger partial charge in [0.25, 0.3) is 0 Å². The SMILES string of the molecule is C=C(C)S(=O)(=O)Cc1ccccc1Nc1nc(Nc2cc(C(C)=O)ccc2C)ncc1C. The molecule has 8 heteroatoms. The number of hydrogen-bond acceptors (Lipinski definition) is 7. The lowest BCUT2D eigenvalue weighted by atomic mass is 10.1. The van der Waals surface area contributed by atoms with E-state index in [9.17, 15) is 13.2 Å². The van der Waals surface area contributed by atoms with Crippen LogP contribution in [0.1, 0.15) is 40.9 Å². The first-order valence-electron chi connectivity index (χ1n) is 10.0. The lowest BCUT2D eigenvalue weighted by Gasteiger charge is -2.15. The summed E-state index contributed by atoms with van der Waals surface area (Å²) < 4.78 is 24.7. The monoisotopic (exact) mass is 450 g/mol. The number of carbonyl (C=O) groups excluding carboxylic acids is 1. The maximum absolute atomic E-state index is 12.3. The van der Waals surface area contributed by atoms with Crippen LogP contribution >= 0.6 is 0 Å². The van der Waals surface area contributed by atoms with Crippen molar-refractivity contribution in [3.8, 4) is 0 Å². The van der Waals surface area contributed by atoms with Gasteiger partial charge in [-0.05, 0) is 51.0 Å². The molecule has 0 unspecified atom stereocenters. The molecule has 0 amide bonds. The van der Waals surface area contributed by atoms with E-state index in [0.29, 0.717) is 28.6 Å². The number of aryl methyl sites for hydroxylation is 2. The second-order valence-electron chi connectivity index (χ2n) is 7.68. The highest BCUT2D eigenvalue weighted by Crippen LogP contribution is 2.27. The smallest absolute Gasteiger partial charge is 0.229 e. The van der Waals surface area contributed by atoms with Crippen LogP contribution in [0.4, 0.5) is 23.1 Å². The Morgan fingerprint density at radius 3 is 2.41 bits per heavy atom. The van der Waals surface area contributed by atoms with Crippen LogP contribution < -0.4 is 10.6 Å². The Balaban J connectivity index is 1.91. The fourth-order valence-corrected chi connectivity index (χ4v) is 3.86. The fourth-order valence-electron chi connectivity index (χ4n) is 2.95. The zero-order valence-electron chi connectivity index (χ0n) is 18.6. The number of allylic oxidation sites excluding steroid dienone is 1. The van der Waals surface area contributed by atoms with E-state index in [2.05, 4.69) is 27.2 Å². The average Bonchev–Trinajstić information content (AvgIpc) is 2.73. The predicted octanol–water partition coefficient (Wildman–Crippen LogP) is 5.23. The van der Waals surface area contributed by atoms with Crippen LogP contribution in [0.25, 0.3) is 0 Å². The summed E-state index contributed by atoms with van der Waals surface area (Å²) in [6.07, 6.45) is 1.68. The Bertz CT molecular complexity index is 1300. The third-order valence-electron chi connectivity index (χ3n) is 5.01. The Morgan fingerprint density at radius 2 is 1.72 bits per heavy atom. The molecule has 3 aromatic rings. The van der Waals surface area contributed by atoms with Gasteiger partial charge in [-0.2, -0.15) is 4.98 Å². The number of ketones is 1. The Hall–Kier alpha value is -3.52. The van der Waals surface area contributed by atoms with Crippen molar-refractivity contribution in [3.05, 3.63) is 82.4 Å². The van der Waals surface area contributed by atoms with Crippen LogP contribution in [-0.4, -0.2) is 24.2 Å². The number of sulfone groups is 1. The third-order valence-corrected chi connectivity index (χ3v) is 6.76. The van der Waals surface area contributed by atoms with Gasteiger partial charge in [-0.15, -0.1) is 0 Å². The zero-order valence-corrected chi connectivity index (χ0v) is 19.4. The summed E-state index contributed by atoms with van der Waals surface area (Å²) in [6, 6.07) is 12.6. The molecule has 0 aliphatic rings. The molecule has 0 spiro atoms. The van der Waals surface area contributed by atoms with Crippen LogP contribution in [0.3, 0.4) is 0 Å². The summed E-state index contributed by atoms with van der Waals surface area (Å²) in [5, 5.41) is 6.40. The number of carbonyl (C=O) groups is 1. The standard InChI is InChI=1S/C24H26N4O3S/c1-15(2)32(30,31)14-20-8-6-7-9-21(20)26-23-17(4)13-25-24(28-23)27-22-12-19(18(5)29)11-10-16(22)3/h6-13H,1,14H2,2-5H3,(H2,25,26,27,28). The van der Waals surface area contributed by atoms with Crippen molar-refractivity contribution in [3.63, 3.8) is 0 Å². The van der Waals surface area contributed by atoms with Gasteiger partial charge in [-0.25, -0.2) is 13.4 Å². The number of hydrogen-bond donors (Lipinski definition) is 2. The largest absolute Gasteiger partial charge is 0.340 e. The van der Waals surface area contributed by atoms with E-state index >= 15 is 0 Å². The van der Waals surface area contributed by atoms with Crippen molar-refractivity contribution in [2.24, 2.45) is 0 Å². The molecular formula is C24H26N4O3S. The number of nitrogens with one attached hydrogen (secondary N) is 2. The highest BCUT2D eigenvalue weighted by molar-refractivity contribution is 7.94. The number of nitrogens with zero attached hydrogens (tertiary/aromatic N) is 2. The highest BCUT2D eigenvalue weighted by atomic mass is 32.2. The first kappa shape index (κ1) is 23.1. The van der Waals surface area contributed by atoms with Gasteiger partial charge in [-0.3, -0.25) is 4.79 Å². The topological polar surface area (TPSA) is 101 Å². The number of anilines is 4. The molecule has 32 heavy (non-hydrogen) atoms. The van der Waals surface area contributed by atoms with E-state index < -0.39 is 9.84 Å². The van der Waals surface area contributed by atoms with E-state index in [-0.39, 0.29) is 16.4 Å². The predicted molar refractivity (Wildman–Crippen MR) is 128 cm³/mol. The van der Waals surface area contributed by atoms with Crippen LogP contribution in [0.2, 0.25) is 0 Å². The quantitative estimate of drug-likeness (QED) is 0.453. The molecular weight excluding hydrogens is 424 g/mol. The average molecular weight is 451 g/mol. The van der Waals surface area contributed by atoms with E-state index in [0.717, 1.165) is 16.8 Å². The summed E-state index contributed by atoms with van der Waals surface area (Å²) in [7, 11) is -3.45. The number of rotatable bonds is 8. The molecule has 1 aromatic heterocycles.